The molecule has 0 saturated carbocycles. The average Bonchev–Trinajstić information content (AvgIpc) is 3.39. The van der Waals surface area contributed by atoms with Gasteiger partial charge in [0.05, 0.1) is 22.8 Å². The molecule has 0 aliphatic heterocycles. The molecule has 2 aromatic carbocycles. The lowest BCUT2D eigenvalue weighted by Gasteiger charge is -2.02. The molecule has 6 heteroatoms. The second-order valence-electron chi connectivity index (χ2n) is 6.45. The maximum atomic E-state index is 13.7. The minimum Gasteiger partial charge on any atom is -0.337 e. The number of nitrogens with zero attached hydrogens (tertiary/aromatic N) is 3. The fraction of sp³-hybridized carbons (Fsp3) is 0. The number of nitrogens with one attached hydrogen (secondary N) is 2. The van der Waals surface area contributed by atoms with E-state index < -0.39 is 0 Å². The summed E-state index contributed by atoms with van der Waals surface area (Å²) in [6, 6.07) is 16.0. The molecule has 5 nitrogen and oxygen atoms in total. The van der Waals surface area contributed by atoms with E-state index in [4.69, 9.17) is 4.98 Å². The first-order valence-corrected chi connectivity index (χ1v) is 8.98. The summed E-state index contributed by atoms with van der Waals surface area (Å²) in [5, 5.41) is 7.09. The Morgan fingerprint density at radius 2 is 1.86 bits per heavy atom. The van der Waals surface area contributed by atoms with Crippen LogP contribution in [0.3, 0.4) is 0 Å². The summed E-state index contributed by atoms with van der Waals surface area (Å²) < 4.78 is 13.7. The van der Waals surface area contributed by atoms with Crippen LogP contribution in [-0.2, 0) is 0 Å². The van der Waals surface area contributed by atoms with Gasteiger partial charge >= 0.3 is 0 Å². The SMILES string of the molecule is Fc1cccc(-c2cccc3[nH]c(-c4[nH]ncc4C#Cc4cccnc4)nc23)c1. The summed E-state index contributed by atoms with van der Waals surface area (Å²) in [6.45, 7) is 0. The highest BCUT2D eigenvalue weighted by atomic mass is 19.1. The molecule has 138 valence electrons. The van der Waals surface area contributed by atoms with Crippen molar-refractivity contribution in [2.45, 2.75) is 0 Å². The van der Waals surface area contributed by atoms with Gasteiger partial charge in [-0.3, -0.25) is 10.1 Å². The van der Waals surface area contributed by atoms with Gasteiger partial charge in [-0.1, -0.05) is 36.1 Å². The van der Waals surface area contributed by atoms with Gasteiger partial charge in [-0.15, -0.1) is 0 Å². The third kappa shape index (κ3) is 3.26. The third-order valence-electron chi connectivity index (χ3n) is 4.53. The summed E-state index contributed by atoms with van der Waals surface area (Å²) in [5.41, 5.74) is 5.47. The second kappa shape index (κ2) is 7.06. The predicted octanol–water partition coefficient (Wildman–Crippen LogP) is 4.55. The summed E-state index contributed by atoms with van der Waals surface area (Å²) in [4.78, 5) is 12.1. The summed E-state index contributed by atoms with van der Waals surface area (Å²) in [7, 11) is 0. The largest absolute Gasteiger partial charge is 0.337 e. The first-order valence-electron chi connectivity index (χ1n) is 8.98. The van der Waals surface area contributed by atoms with E-state index >= 15 is 0 Å². The fourth-order valence-corrected chi connectivity index (χ4v) is 3.18. The third-order valence-corrected chi connectivity index (χ3v) is 4.53. The van der Waals surface area contributed by atoms with Gasteiger partial charge in [0, 0.05) is 23.5 Å². The number of H-pyrrole nitrogens is 2. The van der Waals surface area contributed by atoms with E-state index in [0.29, 0.717) is 11.5 Å². The molecule has 5 rings (SSSR count). The fourth-order valence-electron chi connectivity index (χ4n) is 3.18. The van der Waals surface area contributed by atoms with Crippen molar-refractivity contribution in [2.24, 2.45) is 0 Å². The first-order chi connectivity index (χ1) is 14.3. The van der Waals surface area contributed by atoms with Crippen molar-refractivity contribution in [2.75, 3.05) is 0 Å². The number of halogens is 1. The van der Waals surface area contributed by atoms with Gasteiger partial charge in [-0.2, -0.15) is 5.10 Å². The Morgan fingerprint density at radius 1 is 0.931 bits per heavy atom. The van der Waals surface area contributed by atoms with Crippen molar-refractivity contribution >= 4 is 11.0 Å². The van der Waals surface area contributed by atoms with Gasteiger partial charge < -0.3 is 4.98 Å². The van der Waals surface area contributed by atoms with Crippen molar-refractivity contribution in [3.05, 3.63) is 90.1 Å². The van der Waals surface area contributed by atoms with Crippen LogP contribution in [0.5, 0.6) is 0 Å². The lowest BCUT2D eigenvalue weighted by molar-refractivity contribution is 0.628. The minimum atomic E-state index is -0.281. The van der Waals surface area contributed by atoms with E-state index in [-0.39, 0.29) is 5.82 Å². The summed E-state index contributed by atoms with van der Waals surface area (Å²) >= 11 is 0. The Bertz CT molecular complexity index is 1370. The number of hydrogen-bond donors (Lipinski definition) is 2. The van der Waals surface area contributed by atoms with Crippen LogP contribution in [0.2, 0.25) is 0 Å². The molecule has 0 radical (unpaired) electrons. The van der Waals surface area contributed by atoms with Crippen LogP contribution in [-0.4, -0.2) is 25.1 Å². The van der Waals surface area contributed by atoms with Crippen molar-refractivity contribution in [3.63, 3.8) is 0 Å². The topological polar surface area (TPSA) is 70.2 Å². The van der Waals surface area contributed by atoms with Gasteiger partial charge in [0.15, 0.2) is 5.82 Å². The molecule has 0 amide bonds. The molecule has 0 aliphatic carbocycles. The normalized spacial score (nSPS) is 10.7. The second-order valence-corrected chi connectivity index (χ2v) is 6.45. The highest BCUT2D eigenvalue weighted by molar-refractivity contribution is 5.93. The minimum absolute atomic E-state index is 0.281. The van der Waals surface area contributed by atoms with E-state index in [1.165, 1.54) is 12.1 Å². The molecule has 0 unspecified atom stereocenters. The molecular weight excluding hydrogens is 365 g/mol. The maximum absolute atomic E-state index is 13.7. The Labute approximate surface area is 165 Å². The van der Waals surface area contributed by atoms with Gasteiger partial charge in [0.2, 0.25) is 0 Å². The number of aromatic amines is 2. The molecule has 0 bridgehead atoms. The van der Waals surface area contributed by atoms with Crippen LogP contribution in [0.25, 0.3) is 33.7 Å². The number of fused-ring (bicyclic) bond motifs is 1. The monoisotopic (exact) mass is 379 g/mol. The van der Waals surface area contributed by atoms with Crippen molar-refractivity contribution in [1.82, 2.24) is 25.1 Å². The van der Waals surface area contributed by atoms with Gasteiger partial charge in [-0.05, 0) is 35.9 Å². The van der Waals surface area contributed by atoms with Crippen LogP contribution in [0.15, 0.2) is 73.2 Å². The first kappa shape index (κ1) is 16.9. The molecule has 3 aromatic heterocycles. The number of imidazole rings is 1. The van der Waals surface area contributed by atoms with Crippen molar-refractivity contribution < 1.29 is 4.39 Å². The number of rotatable bonds is 2. The van der Waals surface area contributed by atoms with E-state index in [1.807, 2.05) is 36.4 Å². The molecule has 2 N–H and O–H groups in total. The van der Waals surface area contributed by atoms with Gasteiger partial charge in [-0.25, -0.2) is 9.37 Å². The standard InChI is InChI=1S/C23H14FN5/c24-18-6-1-5-16(12-18)19-7-2-8-20-22(19)28-23(27-20)21-17(14-26-29-21)10-9-15-4-3-11-25-13-15/h1-8,11-14H,(H,26,29)(H,27,28). The molecule has 0 saturated heterocycles. The average molecular weight is 379 g/mol. The summed E-state index contributed by atoms with van der Waals surface area (Å²) in [5.74, 6) is 6.53. The lowest BCUT2D eigenvalue weighted by Crippen LogP contribution is -1.85. The van der Waals surface area contributed by atoms with E-state index in [1.54, 1.807) is 24.7 Å². The highest BCUT2D eigenvalue weighted by Crippen LogP contribution is 2.30. The number of pyridine rings is 1. The highest BCUT2D eigenvalue weighted by Gasteiger charge is 2.14. The summed E-state index contributed by atoms with van der Waals surface area (Å²) in [6.07, 6.45) is 5.08. The molecule has 0 atom stereocenters. The zero-order valence-corrected chi connectivity index (χ0v) is 15.1. The van der Waals surface area contributed by atoms with Crippen LogP contribution in [0, 0.1) is 17.7 Å². The zero-order chi connectivity index (χ0) is 19.6. The van der Waals surface area contributed by atoms with Crippen molar-refractivity contribution in [1.29, 1.82) is 0 Å². The quantitative estimate of drug-likeness (QED) is 0.442. The zero-order valence-electron chi connectivity index (χ0n) is 15.1. The molecule has 3 heterocycles. The Kier molecular flexibility index (Phi) is 4.11. The molecule has 0 fully saturated rings. The molecule has 0 spiro atoms. The van der Waals surface area contributed by atoms with E-state index in [0.717, 1.165) is 33.3 Å². The number of aromatic nitrogens is 5. The molecule has 0 aliphatic rings. The van der Waals surface area contributed by atoms with Gasteiger partial charge in [0.25, 0.3) is 0 Å². The van der Waals surface area contributed by atoms with E-state index in [2.05, 4.69) is 32.0 Å². The predicted molar refractivity (Wildman–Crippen MR) is 109 cm³/mol. The maximum Gasteiger partial charge on any atom is 0.157 e. The molecular formula is C23H14FN5. The van der Waals surface area contributed by atoms with Crippen LogP contribution >= 0.6 is 0 Å². The van der Waals surface area contributed by atoms with Crippen LogP contribution in [0.4, 0.5) is 4.39 Å². The van der Waals surface area contributed by atoms with E-state index in [9.17, 15) is 4.39 Å². The number of hydrogen-bond acceptors (Lipinski definition) is 3. The van der Waals surface area contributed by atoms with Crippen LogP contribution in [0.1, 0.15) is 11.1 Å². The van der Waals surface area contributed by atoms with Crippen molar-refractivity contribution in [3.8, 4) is 34.5 Å². The molecule has 5 aromatic rings. The Hall–Kier alpha value is -4.24. The van der Waals surface area contributed by atoms with Gasteiger partial charge in [0.1, 0.15) is 11.5 Å². The number of para-hydroxylation sites is 1. The lowest BCUT2D eigenvalue weighted by atomic mass is 10.0. The number of benzene rings is 2. The smallest absolute Gasteiger partial charge is 0.157 e. The Morgan fingerprint density at radius 3 is 2.72 bits per heavy atom. The molecule has 29 heavy (non-hydrogen) atoms. The Balaban J connectivity index is 1.59. The van der Waals surface area contributed by atoms with Crippen LogP contribution < -0.4 is 0 Å².